The normalized spacial score (nSPS) is 14.3. The molecule has 26 heavy (non-hydrogen) atoms. The minimum absolute atomic E-state index is 0.0313. The molecule has 0 radical (unpaired) electrons. The van der Waals surface area contributed by atoms with E-state index in [0.29, 0.717) is 0 Å². The van der Waals surface area contributed by atoms with Gasteiger partial charge in [0.15, 0.2) is 0 Å². The van der Waals surface area contributed by atoms with E-state index < -0.39 is 0 Å². The van der Waals surface area contributed by atoms with Crippen molar-refractivity contribution in [3.63, 3.8) is 0 Å². The Kier molecular flexibility index (Phi) is 3.12. The van der Waals surface area contributed by atoms with Crippen LogP contribution < -0.4 is 4.98 Å². The Hall–Kier alpha value is -2.93. The molecular weight excluding hydrogens is 314 g/mol. The summed E-state index contributed by atoms with van der Waals surface area (Å²) in [7, 11) is 0. The van der Waals surface area contributed by atoms with Gasteiger partial charge < -0.3 is 0 Å². The van der Waals surface area contributed by atoms with Crippen LogP contribution >= 0.6 is 0 Å². The van der Waals surface area contributed by atoms with Crippen LogP contribution in [0.15, 0.2) is 72.8 Å². The number of pyridine rings is 1. The fourth-order valence-electron chi connectivity index (χ4n) is 4.47. The molecule has 1 N–H and O–H groups in total. The maximum Gasteiger partial charge on any atom is 0.211 e. The third-order valence-corrected chi connectivity index (χ3v) is 5.85. The van der Waals surface area contributed by atoms with E-state index in [2.05, 4.69) is 98.6 Å². The number of aromatic amines is 1. The molecule has 0 aliphatic heterocycles. The van der Waals surface area contributed by atoms with Crippen molar-refractivity contribution in [1.29, 1.82) is 0 Å². The molecule has 1 heteroatoms. The fraction of sp³-hybridized carbons (Fsp3) is 0.160. The molecule has 0 saturated carbocycles. The largest absolute Gasteiger partial charge is 0.211 e. The summed E-state index contributed by atoms with van der Waals surface area (Å²) in [4.78, 5) is 3.61. The molecule has 0 spiro atoms. The zero-order valence-corrected chi connectivity index (χ0v) is 15.4. The second-order valence-electron chi connectivity index (χ2n) is 7.85. The Morgan fingerprint density at radius 2 is 1.54 bits per heavy atom. The van der Waals surface area contributed by atoms with Gasteiger partial charge in [0, 0.05) is 28.5 Å². The molecule has 0 unspecified atom stereocenters. The van der Waals surface area contributed by atoms with E-state index >= 15 is 0 Å². The molecule has 0 saturated heterocycles. The maximum atomic E-state index is 3.61. The quantitative estimate of drug-likeness (QED) is 0.409. The number of hydrogen-bond donors (Lipinski definition) is 0. The smallest absolute Gasteiger partial charge is 0.204 e. The summed E-state index contributed by atoms with van der Waals surface area (Å²) in [5, 5.41) is 1.24. The molecule has 126 valence electrons. The molecule has 1 nitrogen and oxygen atoms in total. The van der Waals surface area contributed by atoms with Gasteiger partial charge in [-0.2, -0.15) is 0 Å². The first kappa shape index (κ1) is 15.3. The number of hydrogen-bond acceptors (Lipinski definition) is 0. The van der Waals surface area contributed by atoms with Crippen LogP contribution in [0.1, 0.15) is 30.5 Å². The lowest BCUT2D eigenvalue weighted by Gasteiger charge is -2.22. The van der Waals surface area contributed by atoms with Crippen molar-refractivity contribution in [2.75, 3.05) is 0 Å². The molecular formula is C25H22N+. The van der Waals surface area contributed by atoms with Crippen molar-refractivity contribution in [2.24, 2.45) is 0 Å². The molecule has 5 rings (SSSR count). The third-order valence-electron chi connectivity index (χ3n) is 5.85. The van der Waals surface area contributed by atoms with Crippen LogP contribution in [-0.2, 0) is 5.41 Å². The lowest BCUT2D eigenvalue weighted by atomic mass is 9.81. The number of aromatic nitrogens is 1. The van der Waals surface area contributed by atoms with Crippen LogP contribution in [0, 0.1) is 6.92 Å². The minimum atomic E-state index is 0.0313. The number of fused-ring (bicyclic) bond motifs is 4. The van der Waals surface area contributed by atoms with Gasteiger partial charge in [-0.05, 0) is 59.0 Å². The molecule has 4 aromatic rings. The molecule has 0 atom stereocenters. The highest BCUT2D eigenvalue weighted by Crippen LogP contribution is 2.50. The number of para-hydroxylation sites is 1. The first-order valence-electron chi connectivity index (χ1n) is 9.22. The van der Waals surface area contributed by atoms with Gasteiger partial charge in [-0.3, -0.25) is 0 Å². The zero-order valence-electron chi connectivity index (χ0n) is 15.4. The highest BCUT2D eigenvalue weighted by molar-refractivity contribution is 5.86. The summed E-state index contributed by atoms with van der Waals surface area (Å²) in [6.07, 6.45) is 0. The topological polar surface area (TPSA) is 14.1 Å². The predicted molar refractivity (Wildman–Crippen MR) is 108 cm³/mol. The standard InChI is InChI=1S/C25H21N/c1-16-14-18(23-13-12-17-8-4-7-11-22(17)26-23)15-21-24(16)19-9-5-6-10-20(19)25(21,2)3/h4-15H,1-3H3/p+1. The Bertz CT molecular complexity index is 1170. The molecule has 1 heterocycles. The van der Waals surface area contributed by atoms with Gasteiger partial charge in [0.25, 0.3) is 0 Å². The highest BCUT2D eigenvalue weighted by atomic mass is 14.7. The lowest BCUT2D eigenvalue weighted by molar-refractivity contribution is -0.331. The second-order valence-corrected chi connectivity index (χ2v) is 7.85. The van der Waals surface area contributed by atoms with Crippen LogP contribution in [0.25, 0.3) is 33.3 Å². The number of H-pyrrole nitrogens is 1. The van der Waals surface area contributed by atoms with Crippen molar-refractivity contribution in [2.45, 2.75) is 26.2 Å². The van der Waals surface area contributed by atoms with Gasteiger partial charge in [0.2, 0.25) is 11.2 Å². The summed E-state index contributed by atoms with van der Waals surface area (Å²) in [6, 6.07) is 26.4. The Labute approximate surface area is 154 Å². The summed E-state index contributed by atoms with van der Waals surface area (Å²) in [6.45, 7) is 6.91. The van der Waals surface area contributed by atoms with Gasteiger partial charge in [0.05, 0.1) is 0 Å². The molecule has 1 aromatic heterocycles. The summed E-state index contributed by atoms with van der Waals surface area (Å²) >= 11 is 0. The zero-order chi connectivity index (χ0) is 17.9. The lowest BCUT2D eigenvalue weighted by Crippen LogP contribution is -2.15. The average molecular weight is 336 g/mol. The van der Waals surface area contributed by atoms with E-state index in [1.165, 1.54) is 50.0 Å². The Balaban J connectivity index is 1.74. The highest BCUT2D eigenvalue weighted by Gasteiger charge is 2.36. The first-order chi connectivity index (χ1) is 12.6. The minimum Gasteiger partial charge on any atom is -0.204 e. The second kappa shape index (κ2) is 5.28. The van der Waals surface area contributed by atoms with Crippen LogP contribution in [0.3, 0.4) is 0 Å². The fourth-order valence-corrected chi connectivity index (χ4v) is 4.47. The van der Waals surface area contributed by atoms with E-state index in [-0.39, 0.29) is 5.41 Å². The maximum absolute atomic E-state index is 3.61. The Morgan fingerprint density at radius 1 is 0.769 bits per heavy atom. The van der Waals surface area contributed by atoms with Crippen LogP contribution in [0.4, 0.5) is 0 Å². The van der Waals surface area contributed by atoms with E-state index in [1.54, 1.807) is 0 Å². The van der Waals surface area contributed by atoms with Gasteiger partial charge in [-0.25, -0.2) is 4.98 Å². The van der Waals surface area contributed by atoms with Gasteiger partial charge in [-0.1, -0.05) is 50.2 Å². The molecule has 0 fully saturated rings. The first-order valence-corrected chi connectivity index (χ1v) is 9.22. The number of rotatable bonds is 1. The van der Waals surface area contributed by atoms with E-state index in [0.717, 1.165) is 0 Å². The van der Waals surface area contributed by atoms with E-state index in [4.69, 9.17) is 0 Å². The summed E-state index contributed by atoms with van der Waals surface area (Å²) < 4.78 is 0. The predicted octanol–water partition coefficient (Wildman–Crippen LogP) is 5.94. The third kappa shape index (κ3) is 2.07. The monoisotopic (exact) mass is 336 g/mol. The van der Waals surface area contributed by atoms with E-state index in [9.17, 15) is 0 Å². The average Bonchev–Trinajstić information content (AvgIpc) is 2.89. The SMILES string of the molecule is Cc1cc(-c2ccc3ccccc3[nH+]2)cc2c1-c1ccccc1C2(C)C. The van der Waals surface area contributed by atoms with Gasteiger partial charge >= 0.3 is 0 Å². The van der Waals surface area contributed by atoms with Crippen LogP contribution in [0.5, 0.6) is 0 Å². The van der Waals surface area contributed by atoms with Crippen LogP contribution in [0.2, 0.25) is 0 Å². The molecule has 3 aromatic carbocycles. The summed E-state index contributed by atoms with van der Waals surface area (Å²) in [5.41, 5.74) is 10.6. The van der Waals surface area contributed by atoms with Gasteiger partial charge in [-0.15, -0.1) is 0 Å². The molecule has 0 amide bonds. The number of aryl methyl sites for hydroxylation is 1. The Morgan fingerprint density at radius 3 is 2.42 bits per heavy atom. The number of nitrogens with one attached hydrogen (secondary N) is 1. The molecule has 1 aliphatic carbocycles. The van der Waals surface area contributed by atoms with Crippen molar-refractivity contribution in [1.82, 2.24) is 0 Å². The van der Waals surface area contributed by atoms with E-state index in [1.807, 2.05) is 0 Å². The summed E-state index contributed by atoms with van der Waals surface area (Å²) in [5.74, 6) is 0. The van der Waals surface area contributed by atoms with Gasteiger partial charge in [0.1, 0.15) is 0 Å². The van der Waals surface area contributed by atoms with Crippen molar-refractivity contribution in [3.05, 3.63) is 89.5 Å². The van der Waals surface area contributed by atoms with Crippen LogP contribution in [-0.4, -0.2) is 0 Å². The van der Waals surface area contributed by atoms with Crippen molar-refractivity contribution < 1.29 is 4.98 Å². The van der Waals surface area contributed by atoms with Crippen molar-refractivity contribution in [3.8, 4) is 22.4 Å². The number of benzene rings is 3. The van der Waals surface area contributed by atoms with Crippen molar-refractivity contribution >= 4 is 10.9 Å². The molecule has 1 aliphatic rings. The molecule has 0 bridgehead atoms.